The summed E-state index contributed by atoms with van der Waals surface area (Å²) in [6.45, 7) is 4.78. The second-order valence-electron chi connectivity index (χ2n) is 4.32. The molecule has 120 valence electrons. The third kappa shape index (κ3) is 4.36. The van der Waals surface area contributed by atoms with Crippen molar-refractivity contribution in [3.8, 4) is 6.07 Å². The van der Waals surface area contributed by atoms with E-state index in [1.807, 2.05) is 6.07 Å². The van der Waals surface area contributed by atoms with Crippen LogP contribution in [0.3, 0.4) is 0 Å². The highest BCUT2D eigenvalue weighted by Crippen LogP contribution is 2.54. The molecule has 1 aromatic carbocycles. The number of nitrogens with zero attached hydrogens (tertiary/aromatic N) is 2. The molecule has 0 spiro atoms. The highest BCUT2D eigenvalue weighted by molar-refractivity contribution is 7.48. The zero-order valence-electron chi connectivity index (χ0n) is 12.5. The number of non-ortho nitro benzene ring substituents is 1. The maximum atomic E-state index is 12.4. The lowest BCUT2D eigenvalue weighted by molar-refractivity contribution is -0.384. The average Bonchev–Trinajstić information content (AvgIpc) is 2.47. The van der Waals surface area contributed by atoms with Gasteiger partial charge in [-0.25, -0.2) is 4.57 Å². The van der Waals surface area contributed by atoms with E-state index < -0.39 is 18.3 Å². The predicted molar refractivity (Wildman–Crippen MR) is 78.0 cm³/mol. The summed E-state index contributed by atoms with van der Waals surface area (Å²) in [7, 11) is -3.91. The minimum atomic E-state index is -3.91. The highest BCUT2D eigenvalue weighted by Gasteiger charge is 2.39. The molecular weight excluding hydrogens is 311 g/mol. The summed E-state index contributed by atoms with van der Waals surface area (Å²) in [4.78, 5) is 10.1. The number of phosphoric acid groups is 1. The first kappa shape index (κ1) is 18.3. The van der Waals surface area contributed by atoms with Gasteiger partial charge < -0.3 is 0 Å². The topological polar surface area (TPSA) is 112 Å². The largest absolute Gasteiger partial charge is 0.476 e. The molecular formula is C13H17N2O6P. The normalized spacial score (nSPS) is 14.1. The summed E-state index contributed by atoms with van der Waals surface area (Å²) in [6.07, 6.45) is 0. The molecule has 1 rings (SSSR count). The van der Waals surface area contributed by atoms with Gasteiger partial charge in [0.1, 0.15) is 6.07 Å². The number of benzene rings is 1. The number of nitro benzene ring substituents is 1. The summed E-state index contributed by atoms with van der Waals surface area (Å²) in [5.74, 6) is 0. The van der Waals surface area contributed by atoms with Crippen molar-refractivity contribution in [1.82, 2.24) is 0 Å². The first-order chi connectivity index (χ1) is 10.3. The summed E-state index contributed by atoms with van der Waals surface area (Å²) < 4.78 is 27.7. The highest BCUT2D eigenvalue weighted by atomic mass is 31.2. The van der Waals surface area contributed by atoms with E-state index in [0.29, 0.717) is 5.56 Å². The lowest BCUT2D eigenvalue weighted by Gasteiger charge is -2.27. The predicted octanol–water partition coefficient (Wildman–Crippen LogP) is 3.53. The van der Waals surface area contributed by atoms with E-state index >= 15 is 0 Å². The molecule has 0 aliphatic rings. The van der Waals surface area contributed by atoms with Crippen molar-refractivity contribution < 1.29 is 23.1 Å². The minimum absolute atomic E-state index is 0.0824. The molecule has 0 saturated carbocycles. The van der Waals surface area contributed by atoms with Crippen molar-refractivity contribution in [2.24, 2.45) is 0 Å². The fourth-order valence-corrected chi connectivity index (χ4v) is 3.07. The Morgan fingerprint density at radius 3 is 2.14 bits per heavy atom. The van der Waals surface area contributed by atoms with E-state index in [2.05, 4.69) is 0 Å². The Kier molecular flexibility index (Phi) is 6.21. The number of hydrogen-bond acceptors (Lipinski definition) is 7. The van der Waals surface area contributed by atoms with Gasteiger partial charge in [0.25, 0.3) is 5.69 Å². The molecule has 0 fully saturated rings. The van der Waals surface area contributed by atoms with Crippen molar-refractivity contribution in [3.63, 3.8) is 0 Å². The molecule has 22 heavy (non-hydrogen) atoms. The second-order valence-corrected chi connectivity index (χ2v) is 5.92. The van der Waals surface area contributed by atoms with Crippen molar-refractivity contribution >= 4 is 13.5 Å². The second kappa shape index (κ2) is 7.47. The first-order valence-electron chi connectivity index (χ1n) is 6.56. The number of nitriles is 1. The molecule has 0 heterocycles. The zero-order chi connectivity index (χ0) is 16.8. The average molecular weight is 328 g/mol. The Balaban J connectivity index is 3.12. The fourth-order valence-electron chi connectivity index (χ4n) is 1.67. The van der Waals surface area contributed by atoms with Crippen LogP contribution in [0.1, 0.15) is 26.3 Å². The van der Waals surface area contributed by atoms with Crippen LogP contribution in [0.15, 0.2) is 24.3 Å². The molecule has 0 N–H and O–H groups in total. The minimum Gasteiger partial charge on any atom is -0.287 e. The van der Waals surface area contributed by atoms with Crippen molar-refractivity contribution in [1.29, 1.82) is 5.26 Å². The van der Waals surface area contributed by atoms with E-state index in [0.717, 1.165) is 0 Å². The van der Waals surface area contributed by atoms with Gasteiger partial charge in [0.2, 0.25) is 0 Å². The van der Waals surface area contributed by atoms with Gasteiger partial charge in [-0.15, -0.1) is 0 Å². The Labute approximate surface area is 128 Å². The van der Waals surface area contributed by atoms with Gasteiger partial charge in [-0.2, -0.15) is 5.26 Å². The van der Waals surface area contributed by atoms with E-state index in [1.54, 1.807) is 13.8 Å². The third-order valence-corrected chi connectivity index (χ3v) is 4.45. The Hall–Kier alpha value is -1.78. The standard InChI is InChI=1S/C13H17N2O6P/c1-4-19-22(18,20-5-2)21-13(3,10-14)11-6-8-12(9-7-11)15(16)17/h6-9H,4-5H2,1-3H3. The first-order valence-corrected chi connectivity index (χ1v) is 8.02. The van der Waals surface area contributed by atoms with Gasteiger partial charge in [-0.05, 0) is 38.5 Å². The van der Waals surface area contributed by atoms with Crippen LogP contribution in [0.2, 0.25) is 0 Å². The third-order valence-electron chi connectivity index (χ3n) is 2.71. The lowest BCUT2D eigenvalue weighted by atomic mass is 9.98. The molecule has 8 nitrogen and oxygen atoms in total. The van der Waals surface area contributed by atoms with E-state index in [-0.39, 0.29) is 18.9 Å². The van der Waals surface area contributed by atoms with Gasteiger partial charge in [-0.3, -0.25) is 23.7 Å². The Morgan fingerprint density at radius 2 is 1.77 bits per heavy atom. The zero-order valence-corrected chi connectivity index (χ0v) is 13.4. The Morgan fingerprint density at radius 1 is 1.27 bits per heavy atom. The van der Waals surface area contributed by atoms with E-state index in [1.165, 1.54) is 31.2 Å². The van der Waals surface area contributed by atoms with Crippen LogP contribution in [-0.4, -0.2) is 18.1 Å². The molecule has 0 aliphatic heterocycles. The SMILES string of the molecule is CCOP(=O)(OCC)OC(C)(C#N)c1ccc([N+](=O)[O-])cc1. The smallest absolute Gasteiger partial charge is 0.287 e. The number of rotatable bonds is 8. The van der Waals surface area contributed by atoms with Gasteiger partial charge in [0, 0.05) is 12.1 Å². The molecule has 0 amide bonds. The van der Waals surface area contributed by atoms with Crippen LogP contribution in [0.5, 0.6) is 0 Å². The summed E-state index contributed by atoms with van der Waals surface area (Å²) in [6, 6.07) is 7.09. The summed E-state index contributed by atoms with van der Waals surface area (Å²) >= 11 is 0. The fraction of sp³-hybridized carbons (Fsp3) is 0.462. The van der Waals surface area contributed by atoms with Crippen LogP contribution in [0, 0.1) is 21.4 Å². The maximum absolute atomic E-state index is 12.4. The monoisotopic (exact) mass is 328 g/mol. The van der Waals surface area contributed by atoms with Crippen LogP contribution in [0.25, 0.3) is 0 Å². The van der Waals surface area contributed by atoms with Gasteiger partial charge in [0.15, 0.2) is 5.60 Å². The van der Waals surface area contributed by atoms with E-state index in [4.69, 9.17) is 13.6 Å². The molecule has 0 saturated heterocycles. The quantitative estimate of drug-likeness (QED) is 0.407. The van der Waals surface area contributed by atoms with Crippen molar-refractivity contribution in [2.75, 3.05) is 13.2 Å². The van der Waals surface area contributed by atoms with Crippen LogP contribution >= 0.6 is 7.82 Å². The molecule has 1 unspecified atom stereocenters. The number of phosphoric ester groups is 1. The van der Waals surface area contributed by atoms with Crippen molar-refractivity contribution in [3.05, 3.63) is 39.9 Å². The lowest BCUT2D eigenvalue weighted by Crippen LogP contribution is -2.23. The number of nitro groups is 1. The van der Waals surface area contributed by atoms with Crippen LogP contribution in [0.4, 0.5) is 5.69 Å². The number of hydrogen-bond donors (Lipinski definition) is 0. The van der Waals surface area contributed by atoms with Crippen molar-refractivity contribution in [2.45, 2.75) is 26.4 Å². The molecule has 1 aromatic rings. The molecule has 1 atom stereocenters. The summed E-state index contributed by atoms with van der Waals surface area (Å²) in [5, 5.41) is 20.0. The molecule has 0 aromatic heterocycles. The molecule has 0 radical (unpaired) electrons. The van der Waals surface area contributed by atoms with E-state index in [9.17, 15) is 19.9 Å². The molecule has 0 bridgehead atoms. The maximum Gasteiger partial charge on any atom is 0.476 e. The van der Waals surface area contributed by atoms with Crippen LogP contribution < -0.4 is 0 Å². The Bertz CT molecular complexity index is 602. The van der Waals surface area contributed by atoms with Gasteiger partial charge >= 0.3 is 7.82 Å². The van der Waals surface area contributed by atoms with Gasteiger partial charge in [0.05, 0.1) is 18.1 Å². The molecule has 0 aliphatic carbocycles. The summed E-state index contributed by atoms with van der Waals surface area (Å²) in [5.41, 5.74) is -1.45. The van der Waals surface area contributed by atoms with Gasteiger partial charge in [-0.1, -0.05) is 0 Å². The molecule has 9 heteroatoms. The van der Waals surface area contributed by atoms with Crippen LogP contribution in [-0.2, 0) is 23.7 Å².